The quantitative estimate of drug-likeness (QED) is 0.762. The van der Waals surface area contributed by atoms with Gasteiger partial charge in [-0.25, -0.2) is 4.98 Å². The monoisotopic (exact) mass is 266 g/mol. The number of pyridine rings is 1. The molecule has 0 bridgehead atoms. The number of nitrogens with one attached hydrogen (secondary N) is 1. The maximum absolute atomic E-state index is 5.82. The average Bonchev–Trinajstić information content (AvgIpc) is 2.93. The predicted octanol–water partition coefficient (Wildman–Crippen LogP) is 3.08. The summed E-state index contributed by atoms with van der Waals surface area (Å²) in [6, 6.07) is 12.1. The second-order valence-electron chi connectivity index (χ2n) is 4.92. The molecule has 0 fully saturated rings. The van der Waals surface area contributed by atoms with Crippen molar-refractivity contribution in [3.05, 3.63) is 48.2 Å². The molecule has 2 heterocycles. The highest BCUT2D eigenvalue weighted by atomic mass is 14.9. The molecule has 3 rings (SSSR count). The maximum Gasteiger partial charge on any atom is 0.157 e. The van der Waals surface area contributed by atoms with Crippen molar-refractivity contribution in [3.63, 3.8) is 0 Å². The first-order chi connectivity index (χ1) is 9.81. The Morgan fingerprint density at radius 2 is 2.15 bits per heavy atom. The van der Waals surface area contributed by atoms with Crippen LogP contribution in [-0.2, 0) is 0 Å². The zero-order valence-corrected chi connectivity index (χ0v) is 11.5. The maximum atomic E-state index is 5.82. The Morgan fingerprint density at radius 3 is 2.85 bits per heavy atom. The smallest absolute Gasteiger partial charge is 0.157 e. The van der Waals surface area contributed by atoms with E-state index in [9.17, 15) is 0 Å². The molecule has 20 heavy (non-hydrogen) atoms. The minimum Gasteiger partial charge on any atom is -0.337 e. The van der Waals surface area contributed by atoms with Gasteiger partial charge >= 0.3 is 0 Å². The van der Waals surface area contributed by atoms with Crippen LogP contribution in [0.15, 0.2) is 42.6 Å². The second-order valence-corrected chi connectivity index (χ2v) is 4.92. The fourth-order valence-corrected chi connectivity index (χ4v) is 2.44. The fraction of sp³-hybridized carbons (Fsp3) is 0.250. The van der Waals surface area contributed by atoms with Gasteiger partial charge in [-0.05, 0) is 48.7 Å². The largest absolute Gasteiger partial charge is 0.337 e. The Balaban J connectivity index is 2.04. The van der Waals surface area contributed by atoms with Gasteiger partial charge in [0, 0.05) is 6.20 Å². The zero-order valence-electron chi connectivity index (χ0n) is 11.5. The summed E-state index contributed by atoms with van der Waals surface area (Å²) in [7, 11) is 0. The van der Waals surface area contributed by atoms with Gasteiger partial charge in [0.1, 0.15) is 5.69 Å². The summed E-state index contributed by atoms with van der Waals surface area (Å²) < 4.78 is 0. The van der Waals surface area contributed by atoms with Crippen LogP contribution in [0.3, 0.4) is 0 Å². The first-order valence-corrected chi connectivity index (χ1v) is 6.93. The van der Waals surface area contributed by atoms with Crippen molar-refractivity contribution in [2.75, 3.05) is 6.54 Å². The summed E-state index contributed by atoms with van der Waals surface area (Å²) in [4.78, 5) is 12.2. The summed E-state index contributed by atoms with van der Waals surface area (Å²) in [6.07, 6.45) is 2.82. The number of hydrogen-bond donors (Lipinski definition) is 2. The van der Waals surface area contributed by atoms with Gasteiger partial charge in [-0.15, -0.1) is 0 Å². The van der Waals surface area contributed by atoms with Crippen molar-refractivity contribution in [2.45, 2.75) is 19.3 Å². The summed E-state index contributed by atoms with van der Waals surface area (Å²) >= 11 is 0. The normalized spacial score (nSPS) is 12.7. The highest BCUT2D eigenvalue weighted by Gasteiger charge is 2.10. The van der Waals surface area contributed by atoms with E-state index >= 15 is 0 Å². The number of aromatic nitrogens is 3. The third-order valence-corrected chi connectivity index (χ3v) is 3.66. The molecule has 2 aromatic heterocycles. The van der Waals surface area contributed by atoms with Crippen molar-refractivity contribution in [2.24, 2.45) is 5.73 Å². The molecule has 4 nitrogen and oxygen atoms in total. The molecule has 0 aliphatic carbocycles. The van der Waals surface area contributed by atoms with Crippen molar-refractivity contribution in [1.29, 1.82) is 0 Å². The summed E-state index contributed by atoms with van der Waals surface area (Å²) in [5.41, 5.74) is 9.94. The molecular weight excluding hydrogens is 248 g/mol. The number of fused-ring (bicyclic) bond motifs is 1. The van der Waals surface area contributed by atoms with Crippen molar-refractivity contribution in [1.82, 2.24) is 15.0 Å². The van der Waals surface area contributed by atoms with Crippen LogP contribution < -0.4 is 5.73 Å². The van der Waals surface area contributed by atoms with E-state index in [-0.39, 0.29) is 0 Å². The summed E-state index contributed by atoms with van der Waals surface area (Å²) in [6.45, 7) is 2.83. The number of hydrogen-bond acceptors (Lipinski definition) is 3. The number of nitrogens with zero attached hydrogens (tertiary/aromatic N) is 2. The van der Waals surface area contributed by atoms with Gasteiger partial charge in [0.05, 0.1) is 11.0 Å². The van der Waals surface area contributed by atoms with Crippen LogP contribution >= 0.6 is 0 Å². The van der Waals surface area contributed by atoms with Gasteiger partial charge in [0.25, 0.3) is 0 Å². The molecule has 1 atom stereocenters. The first-order valence-electron chi connectivity index (χ1n) is 6.93. The Morgan fingerprint density at radius 1 is 1.25 bits per heavy atom. The Bertz CT molecular complexity index is 699. The highest BCUT2D eigenvalue weighted by molar-refractivity contribution is 5.79. The lowest BCUT2D eigenvalue weighted by Crippen LogP contribution is -2.11. The molecular formula is C16H18N4. The number of aromatic amines is 1. The topological polar surface area (TPSA) is 67.6 Å². The molecule has 102 valence electrons. The van der Waals surface area contributed by atoms with E-state index in [2.05, 4.69) is 34.0 Å². The van der Waals surface area contributed by atoms with E-state index in [0.717, 1.165) is 29.0 Å². The molecule has 0 radical (unpaired) electrons. The highest BCUT2D eigenvalue weighted by Crippen LogP contribution is 2.24. The Labute approximate surface area is 118 Å². The van der Waals surface area contributed by atoms with Crippen LogP contribution in [0.1, 0.15) is 24.8 Å². The molecule has 0 spiro atoms. The molecule has 0 amide bonds. The SMILES string of the molecule is CCC(CN)c1ccc2nc(-c3ccccn3)[nH]c2c1. The van der Waals surface area contributed by atoms with Gasteiger partial charge in [-0.1, -0.05) is 19.1 Å². The summed E-state index contributed by atoms with van der Waals surface area (Å²) in [5, 5.41) is 0. The lowest BCUT2D eigenvalue weighted by atomic mass is 9.96. The van der Waals surface area contributed by atoms with Crippen LogP contribution in [0.25, 0.3) is 22.6 Å². The van der Waals surface area contributed by atoms with Crippen molar-refractivity contribution < 1.29 is 0 Å². The number of imidazole rings is 1. The number of rotatable bonds is 4. The van der Waals surface area contributed by atoms with Crippen LogP contribution in [0.2, 0.25) is 0 Å². The molecule has 4 heteroatoms. The van der Waals surface area contributed by atoms with E-state index in [1.165, 1.54) is 5.56 Å². The number of benzene rings is 1. The Hall–Kier alpha value is -2.20. The van der Waals surface area contributed by atoms with E-state index in [1.807, 2.05) is 24.3 Å². The van der Waals surface area contributed by atoms with Gasteiger partial charge < -0.3 is 10.7 Å². The van der Waals surface area contributed by atoms with Gasteiger partial charge in [-0.2, -0.15) is 0 Å². The number of nitrogens with two attached hydrogens (primary N) is 1. The van der Waals surface area contributed by atoms with E-state index in [4.69, 9.17) is 5.73 Å². The first kappa shape index (κ1) is 12.8. The van der Waals surface area contributed by atoms with Gasteiger partial charge in [0.15, 0.2) is 5.82 Å². The third kappa shape index (κ3) is 2.30. The van der Waals surface area contributed by atoms with Crippen LogP contribution in [0.5, 0.6) is 0 Å². The standard InChI is InChI=1S/C16H18N4/c1-2-11(10-17)12-6-7-13-15(9-12)20-16(19-13)14-5-3-4-8-18-14/h3-9,11H,2,10,17H2,1H3,(H,19,20). The van der Waals surface area contributed by atoms with E-state index in [0.29, 0.717) is 12.5 Å². The van der Waals surface area contributed by atoms with Crippen molar-refractivity contribution >= 4 is 11.0 Å². The molecule has 0 saturated carbocycles. The number of H-pyrrole nitrogens is 1. The second kappa shape index (κ2) is 5.43. The average molecular weight is 266 g/mol. The lowest BCUT2D eigenvalue weighted by molar-refractivity contribution is 0.675. The molecule has 0 aliphatic heterocycles. The fourth-order valence-electron chi connectivity index (χ4n) is 2.44. The third-order valence-electron chi connectivity index (χ3n) is 3.66. The van der Waals surface area contributed by atoms with Crippen LogP contribution in [-0.4, -0.2) is 21.5 Å². The molecule has 1 unspecified atom stereocenters. The van der Waals surface area contributed by atoms with Gasteiger partial charge in [-0.3, -0.25) is 4.98 Å². The van der Waals surface area contributed by atoms with Crippen LogP contribution in [0.4, 0.5) is 0 Å². The molecule has 0 saturated heterocycles. The molecule has 0 aliphatic rings. The summed E-state index contributed by atoms with van der Waals surface area (Å²) in [5.74, 6) is 1.21. The zero-order chi connectivity index (χ0) is 13.9. The molecule has 1 aromatic carbocycles. The Kier molecular flexibility index (Phi) is 3.48. The van der Waals surface area contributed by atoms with E-state index < -0.39 is 0 Å². The van der Waals surface area contributed by atoms with Crippen molar-refractivity contribution in [3.8, 4) is 11.5 Å². The minimum absolute atomic E-state index is 0.404. The predicted molar refractivity (Wildman–Crippen MR) is 81.4 cm³/mol. The minimum atomic E-state index is 0.404. The lowest BCUT2D eigenvalue weighted by Gasteiger charge is -2.11. The molecule has 3 aromatic rings. The van der Waals surface area contributed by atoms with E-state index in [1.54, 1.807) is 6.20 Å². The van der Waals surface area contributed by atoms with Crippen LogP contribution in [0, 0.1) is 0 Å². The van der Waals surface area contributed by atoms with Gasteiger partial charge in [0.2, 0.25) is 0 Å². The molecule has 3 N–H and O–H groups in total.